The predicted octanol–water partition coefficient (Wildman–Crippen LogP) is 6.54. The lowest BCUT2D eigenvalue weighted by molar-refractivity contribution is 0.0180. The van der Waals surface area contributed by atoms with E-state index >= 15 is 0 Å². The molecule has 0 radical (unpaired) electrons. The largest absolute Gasteiger partial charge is 0.453 e. The van der Waals surface area contributed by atoms with Gasteiger partial charge < -0.3 is 34.3 Å². The van der Waals surface area contributed by atoms with Gasteiger partial charge in [0.25, 0.3) is 0 Å². The maximum absolute atomic E-state index is 14.9. The summed E-state index contributed by atoms with van der Waals surface area (Å²) in [4.78, 5) is 36.3. The average Bonchev–Trinajstić information content (AvgIpc) is 3.50. The summed E-state index contributed by atoms with van der Waals surface area (Å²) < 4.78 is 34.3. The van der Waals surface area contributed by atoms with Crippen LogP contribution < -0.4 is 15.4 Å². The Morgan fingerprint density at radius 3 is 2.58 bits per heavy atom. The number of thiophene rings is 1. The number of ether oxygens (including phenoxy) is 3. The lowest BCUT2D eigenvalue weighted by Crippen LogP contribution is -2.38. The monoisotopic (exact) mass is 612 g/mol. The highest BCUT2D eigenvalue weighted by Gasteiger charge is 2.24. The van der Waals surface area contributed by atoms with Gasteiger partial charge in [-0.05, 0) is 52.8 Å². The second-order valence-corrected chi connectivity index (χ2v) is 12.2. The van der Waals surface area contributed by atoms with Crippen molar-refractivity contribution in [2.24, 2.45) is 7.05 Å². The lowest BCUT2D eigenvalue weighted by Gasteiger charge is -2.27. The summed E-state index contributed by atoms with van der Waals surface area (Å²) in [6.07, 6.45) is 2.88. The van der Waals surface area contributed by atoms with E-state index < -0.39 is 23.5 Å². The van der Waals surface area contributed by atoms with Crippen LogP contribution in [-0.2, 0) is 23.1 Å². The van der Waals surface area contributed by atoms with E-state index in [0.29, 0.717) is 35.9 Å². The number of urea groups is 1. The minimum absolute atomic E-state index is 0.00911. The molecule has 0 atom stereocenters. The number of fused-ring (bicyclic) bond motifs is 1. The van der Waals surface area contributed by atoms with Crippen molar-refractivity contribution in [3.63, 3.8) is 0 Å². The Hall–Kier alpha value is -4.23. The molecule has 0 aliphatic heterocycles. The molecule has 0 bridgehead atoms. The van der Waals surface area contributed by atoms with Crippen molar-refractivity contribution in [3.05, 3.63) is 54.2 Å². The number of halogens is 1. The highest BCUT2D eigenvalue weighted by atomic mass is 32.1. The van der Waals surface area contributed by atoms with Crippen molar-refractivity contribution in [2.45, 2.75) is 52.8 Å². The van der Waals surface area contributed by atoms with Crippen LogP contribution in [0.25, 0.3) is 20.9 Å². The minimum Gasteiger partial charge on any atom is -0.453 e. The zero-order chi connectivity index (χ0) is 31.3. The Bertz CT molecular complexity index is 1600. The van der Waals surface area contributed by atoms with Crippen molar-refractivity contribution in [2.75, 3.05) is 25.6 Å². The summed E-state index contributed by atoms with van der Waals surface area (Å²) in [6.45, 7) is 10.1. The second kappa shape index (κ2) is 13.4. The summed E-state index contributed by atoms with van der Waals surface area (Å²) >= 11 is 1.41. The summed E-state index contributed by atoms with van der Waals surface area (Å²) in [5.74, 6) is 0.500. The zero-order valence-corrected chi connectivity index (χ0v) is 26.2. The van der Waals surface area contributed by atoms with Crippen LogP contribution in [0.1, 0.15) is 40.3 Å². The molecule has 1 aromatic carbocycles. The molecule has 0 spiro atoms. The van der Waals surface area contributed by atoms with E-state index in [1.165, 1.54) is 23.5 Å². The number of nitrogens with one attached hydrogen (secondary N) is 2. The number of pyridine rings is 1. The van der Waals surface area contributed by atoms with Crippen molar-refractivity contribution in [1.82, 2.24) is 24.8 Å². The van der Waals surface area contributed by atoms with E-state index in [1.54, 1.807) is 36.5 Å². The summed E-state index contributed by atoms with van der Waals surface area (Å²) in [5, 5.41) is 5.30. The predicted molar refractivity (Wildman–Crippen MR) is 164 cm³/mol. The maximum atomic E-state index is 14.9. The maximum Gasteiger partial charge on any atom is 0.410 e. The molecule has 230 valence electrons. The van der Waals surface area contributed by atoms with Crippen molar-refractivity contribution >= 4 is 39.4 Å². The van der Waals surface area contributed by atoms with Gasteiger partial charge in [-0.15, -0.1) is 11.3 Å². The third kappa shape index (κ3) is 8.20. The number of carbonyl (C=O) groups excluding carboxylic acids is 2. The van der Waals surface area contributed by atoms with Gasteiger partial charge >= 0.3 is 12.1 Å². The van der Waals surface area contributed by atoms with Crippen LogP contribution in [0.15, 0.2) is 42.7 Å². The molecule has 2 N–H and O–H groups in total. The lowest BCUT2D eigenvalue weighted by atomic mass is 10.2. The summed E-state index contributed by atoms with van der Waals surface area (Å²) in [5.41, 5.74) is 1.15. The molecule has 0 aliphatic carbocycles. The van der Waals surface area contributed by atoms with Gasteiger partial charge in [0.05, 0.1) is 40.1 Å². The van der Waals surface area contributed by atoms with Crippen LogP contribution in [0.5, 0.6) is 11.5 Å². The van der Waals surface area contributed by atoms with Crippen LogP contribution in [0.3, 0.4) is 0 Å². The van der Waals surface area contributed by atoms with E-state index in [-0.39, 0.29) is 18.3 Å². The van der Waals surface area contributed by atoms with Crippen molar-refractivity contribution < 1.29 is 28.2 Å². The third-order valence-electron chi connectivity index (χ3n) is 6.08. The second-order valence-electron chi connectivity index (χ2n) is 11.2. The Morgan fingerprint density at radius 1 is 1.14 bits per heavy atom. The quantitative estimate of drug-likeness (QED) is 0.209. The van der Waals surface area contributed by atoms with Gasteiger partial charge in [0.15, 0.2) is 11.6 Å². The number of carbonyl (C=O) groups is 2. The number of rotatable bonds is 10. The SMILES string of the molecule is COCCN(Cc1cnc(-c2cc3nccc(Oc4ccc(NC(=O)NC(C)C)cc4F)c3s2)n1C)C(=O)OC(C)(C)C. The zero-order valence-electron chi connectivity index (χ0n) is 25.4. The molecule has 3 amide bonds. The van der Waals surface area contributed by atoms with Gasteiger partial charge in [0.2, 0.25) is 0 Å². The van der Waals surface area contributed by atoms with E-state index in [4.69, 9.17) is 14.2 Å². The molecule has 3 aromatic heterocycles. The molecule has 0 unspecified atom stereocenters. The molecule has 11 nitrogen and oxygen atoms in total. The van der Waals surface area contributed by atoms with Crippen LogP contribution >= 0.6 is 11.3 Å². The first-order valence-electron chi connectivity index (χ1n) is 13.8. The number of hydrogen-bond acceptors (Lipinski definition) is 8. The topological polar surface area (TPSA) is 120 Å². The first-order valence-corrected chi connectivity index (χ1v) is 14.6. The van der Waals surface area contributed by atoms with E-state index in [9.17, 15) is 14.0 Å². The number of anilines is 1. The first kappa shape index (κ1) is 31.7. The number of nitrogens with zero attached hydrogens (tertiary/aromatic N) is 4. The highest BCUT2D eigenvalue weighted by Crippen LogP contribution is 2.39. The molecule has 0 saturated carbocycles. The molecule has 43 heavy (non-hydrogen) atoms. The first-order chi connectivity index (χ1) is 20.3. The van der Waals surface area contributed by atoms with Crippen molar-refractivity contribution in [3.8, 4) is 22.2 Å². The van der Waals surface area contributed by atoms with Gasteiger partial charge in [-0.3, -0.25) is 4.98 Å². The van der Waals surface area contributed by atoms with Crippen molar-refractivity contribution in [1.29, 1.82) is 0 Å². The van der Waals surface area contributed by atoms with Gasteiger partial charge in [-0.2, -0.15) is 0 Å². The number of imidazole rings is 1. The molecule has 13 heteroatoms. The van der Waals surface area contributed by atoms with Gasteiger partial charge in [-0.1, -0.05) is 0 Å². The Kier molecular flexibility index (Phi) is 9.87. The fourth-order valence-corrected chi connectivity index (χ4v) is 5.19. The molecular formula is C30H37FN6O5S. The van der Waals surface area contributed by atoms with E-state index in [2.05, 4.69) is 20.6 Å². The smallest absolute Gasteiger partial charge is 0.410 e. The fraction of sp³-hybridized carbons (Fsp3) is 0.400. The molecule has 0 aliphatic rings. The van der Waals surface area contributed by atoms with Gasteiger partial charge in [-0.25, -0.2) is 19.0 Å². The molecule has 3 heterocycles. The summed E-state index contributed by atoms with van der Waals surface area (Å²) in [6, 6.07) is 7.33. The van der Waals surface area contributed by atoms with Gasteiger partial charge in [0, 0.05) is 50.8 Å². The minimum atomic E-state index is -0.629. The normalized spacial score (nSPS) is 11.6. The number of amides is 3. The molecule has 0 fully saturated rings. The van der Waals surface area contributed by atoms with Crippen LogP contribution in [0, 0.1) is 5.82 Å². The molecule has 4 rings (SSSR count). The van der Waals surface area contributed by atoms with Crippen LogP contribution in [-0.4, -0.2) is 63.5 Å². The summed E-state index contributed by atoms with van der Waals surface area (Å²) in [7, 11) is 3.46. The number of benzene rings is 1. The number of methoxy groups -OCH3 is 1. The van der Waals surface area contributed by atoms with E-state index in [1.807, 2.05) is 52.3 Å². The molecule has 4 aromatic rings. The fourth-order valence-electron chi connectivity index (χ4n) is 4.09. The third-order valence-corrected chi connectivity index (χ3v) is 7.21. The van der Waals surface area contributed by atoms with Crippen LogP contribution in [0.2, 0.25) is 0 Å². The Balaban J connectivity index is 1.55. The number of hydrogen-bond donors (Lipinski definition) is 2. The van der Waals surface area contributed by atoms with Crippen LogP contribution in [0.4, 0.5) is 19.7 Å². The molecule has 0 saturated heterocycles. The highest BCUT2D eigenvalue weighted by molar-refractivity contribution is 7.22. The number of aromatic nitrogens is 3. The Morgan fingerprint density at radius 2 is 1.91 bits per heavy atom. The Labute approximate surface area is 254 Å². The van der Waals surface area contributed by atoms with Gasteiger partial charge in [0.1, 0.15) is 17.2 Å². The molecular weight excluding hydrogens is 575 g/mol. The standard InChI is InChI=1S/C30H37FN6O5S/c1-18(2)34-28(38)35-19-8-9-23(21(31)14-19)41-24-10-11-32-22-15-25(43-26(22)24)27-33-16-20(36(27)6)17-37(12-13-40-7)29(39)42-30(3,4)5/h8-11,14-16,18H,12-13,17H2,1-7H3,(H2,34,35,38). The average molecular weight is 613 g/mol. The van der Waals surface area contributed by atoms with E-state index in [0.717, 1.165) is 15.3 Å².